The van der Waals surface area contributed by atoms with Gasteiger partial charge in [0.2, 0.25) is 6.20 Å². The highest BCUT2D eigenvalue weighted by atomic mass is 19.4. The van der Waals surface area contributed by atoms with Gasteiger partial charge in [0.1, 0.15) is 5.39 Å². The van der Waals surface area contributed by atoms with E-state index in [2.05, 4.69) is 4.76 Å². The average molecular weight is 258 g/mol. The maximum atomic E-state index is 12.2. The van der Waals surface area contributed by atoms with Crippen molar-refractivity contribution in [2.45, 2.75) is 0 Å². The van der Waals surface area contributed by atoms with Gasteiger partial charge in [-0.2, -0.15) is 0 Å². The number of para-hydroxylation sites is 1. The standard InChI is InChI=1S/C9H6BF3N2O3/c11-10(12,13)18-14-6-5-9(15(16)17)7-3-1-2-4-8(7)14/h1-6H. The first-order valence-electron chi connectivity index (χ1n) is 4.84. The highest BCUT2D eigenvalue weighted by molar-refractivity contribution is 6.50. The molecule has 0 saturated carbocycles. The molecule has 2 rings (SSSR count). The molecule has 5 nitrogen and oxygen atoms in total. The van der Waals surface area contributed by atoms with E-state index in [0.29, 0.717) is 4.73 Å². The third-order valence-electron chi connectivity index (χ3n) is 2.22. The van der Waals surface area contributed by atoms with Crippen molar-refractivity contribution < 1.29 is 27.4 Å². The fourth-order valence-electron chi connectivity index (χ4n) is 1.57. The molecule has 0 spiro atoms. The van der Waals surface area contributed by atoms with Crippen LogP contribution >= 0.6 is 0 Å². The summed E-state index contributed by atoms with van der Waals surface area (Å²) in [4.78, 5) is 10.1. The second kappa shape index (κ2) is 4.17. The smallest absolute Gasteiger partial charge is 0.407 e. The minimum Gasteiger partial charge on any atom is -0.407 e. The molecule has 2 aromatic rings. The van der Waals surface area contributed by atoms with Gasteiger partial charge in [0.05, 0.1) is 11.0 Å². The lowest BCUT2D eigenvalue weighted by molar-refractivity contribution is -0.847. The Morgan fingerprint density at radius 2 is 1.89 bits per heavy atom. The van der Waals surface area contributed by atoms with Crippen LogP contribution in [0.2, 0.25) is 0 Å². The molecular formula is C9H6BF3N2O3. The molecule has 0 unspecified atom stereocenters. The molecule has 1 heterocycles. The van der Waals surface area contributed by atoms with Crippen LogP contribution in [-0.2, 0) is 0 Å². The number of rotatable bonds is 3. The predicted octanol–water partition coefficient (Wildman–Crippen LogP) is 1.81. The molecule has 94 valence electrons. The number of halogens is 3. The van der Waals surface area contributed by atoms with Crippen molar-refractivity contribution in [3.63, 3.8) is 0 Å². The predicted molar refractivity (Wildman–Crippen MR) is 56.5 cm³/mol. The molecule has 1 aromatic carbocycles. The molecule has 1 aromatic heterocycles. The van der Waals surface area contributed by atoms with E-state index in [-0.39, 0.29) is 16.6 Å². The minimum atomic E-state index is -5.50. The number of benzene rings is 1. The second-order valence-electron chi connectivity index (χ2n) is 3.42. The number of nitrogens with zero attached hydrogens (tertiary/aromatic N) is 2. The van der Waals surface area contributed by atoms with Crippen LogP contribution in [0, 0.1) is 10.1 Å². The number of pyridine rings is 1. The Morgan fingerprint density at radius 3 is 2.50 bits per heavy atom. The van der Waals surface area contributed by atoms with Crippen LogP contribution < -0.4 is 9.49 Å². The number of fused-ring (bicyclic) bond motifs is 1. The molecule has 18 heavy (non-hydrogen) atoms. The molecule has 0 saturated heterocycles. The molecule has 0 fully saturated rings. The van der Waals surface area contributed by atoms with Crippen LogP contribution in [0.25, 0.3) is 10.9 Å². The Hall–Kier alpha value is -2.32. The van der Waals surface area contributed by atoms with E-state index in [9.17, 15) is 23.1 Å². The fourth-order valence-corrected chi connectivity index (χ4v) is 1.57. The number of aromatic nitrogens is 1. The zero-order valence-electron chi connectivity index (χ0n) is 8.79. The lowest BCUT2D eigenvalue weighted by Crippen LogP contribution is -2.52. The summed E-state index contributed by atoms with van der Waals surface area (Å²) in [5, 5.41) is 10.8. The molecule has 9 heteroatoms. The van der Waals surface area contributed by atoms with Gasteiger partial charge in [-0.15, -0.1) is 0 Å². The normalized spacial score (nSPS) is 11.5. The third kappa shape index (κ3) is 2.34. The van der Waals surface area contributed by atoms with Crippen molar-refractivity contribution in [2.75, 3.05) is 0 Å². The molecule has 0 bridgehead atoms. The maximum absolute atomic E-state index is 12.2. The van der Waals surface area contributed by atoms with Gasteiger partial charge in [-0.05, 0) is 10.8 Å². The molecule has 0 N–H and O–H groups in total. The Balaban J connectivity index is 2.65. The van der Waals surface area contributed by atoms with Crippen LogP contribution in [0.1, 0.15) is 0 Å². The first-order valence-corrected chi connectivity index (χ1v) is 4.84. The van der Waals surface area contributed by atoms with E-state index < -0.39 is 12.1 Å². The SMILES string of the molecule is O=[N+]([O-])c1cc[n+](O[B-](F)(F)F)c2ccccc12. The van der Waals surface area contributed by atoms with E-state index in [1.165, 1.54) is 24.3 Å². The van der Waals surface area contributed by atoms with Gasteiger partial charge in [0.15, 0.2) is 0 Å². The first-order chi connectivity index (χ1) is 8.38. The summed E-state index contributed by atoms with van der Waals surface area (Å²) in [6.45, 7) is 0. The van der Waals surface area contributed by atoms with Gasteiger partial charge in [-0.3, -0.25) is 10.1 Å². The minimum absolute atomic E-state index is 0.0223. The third-order valence-corrected chi connectivity index (χ3v) is 2.22. The van der Waals surface area contributed by atoms with Crippen molar-refractivity contribution >= 4 is 23.8 Å². The zero-order valence-corrected chi connectivity index (χ0v) is 8.79. The maximum Gasteiger partial charge on any atom is 0.752 e. The van der Waals surface area contributed by atoms with Crippen LogP contribution in [0.15, 0.2) is 36.5 Å². The largest absolute Gasteiger partial charge is 0.752 e. The zero-order chi connectivity index (χ0) is 13.3. The fraction of sp³-hybridized carbons (Fsp3) is 0. The molecule has 0 aliphatic heterocycles. The first kappa shape index (κ1) is 12.2. The topological polar surface area (TPSA) is 56.2 Å². The molecule has 0 radical (unpaired) electrons. The summed E-state index contributed by atoms with van der Waals surface area (Å²) in [5.74, 6) is 0. The Kier molecular flexibility index (Phi) is 2.81. The van der Waals surface area contributed by atoms with Crippen molar-refractivity contribution in [3.05, 3.63) is 46.6 Å². The molecular weight excluding hydrogens is 252 g/mol. The van der Waals surface area contributed by atoms with Crippen LogP contribution in [0.3, 0.4) is 0 Å². The highest BCUT2D eigenvalue weighted by Gasteiger charge is 2.35. The summed E-state index contributed by atoms with van der Waals surface area (Å²) in [7, 11) is -5.50. The van der Waals surface area contributed by atoms with Gasteiger partial charge in [0.25, 0.3) is 11.2 Å². The average Bonchev–Trinajstić information content (AvgIpc) is 2.27. The van der Waals surface area contributed by atoms with E-state index in [1.54, 1.807) is 0 Å². The van der Waals surface area contributed by atoms with Crippen LogP contribution in [0.4, 0.5) is 18.6 Å². The molecule has 0 aliphatic carbocycles. The van der Waals surface area contributed by atoms with Crippen molar-refractivity contribution in [1.29, 1.82) is 0 Å². The van der Waals surface area contributed by atoms with Crippen LogP contribution in [-0.4, -0.2) is 12.1 Å². The summed E-state index contributed by atoms with van der Waals surface area (Å²) < 4.78 is 40.9. The van der Waals surface area contributed by atoms with Crippen molar-refractivity contribution in [2.24, 2.45) is 0 Å². The quantitative estimate of drug-likeness (QED) is 0.365. The summed E-state index contributed by atoms with van der Waals surface area (Å²) in [5.41, 5.74) is -0.300. The molecule has 0 atom stereocenters. The van der Waals surface area contributed by atoms with Gasteiger partial charge in [-0.1, -0.05) is 12.1 Å². The second-order valence-corrected chi connectivity index (χ2v) is 3.42. The van der Waals surface area contributed by atoms with Gasteiger partial charge in [-0.25, -0.2) is 0 Å². The van der Waals surface area contributed by atoms with Gasteiger partial charge in [0, 0.05) is 6.07 Å². The van der Waals surface area contributed by atoms with E-state index in [4.69, 9.17) is 0 Å². The van der Waals surface area contributed by atoms with Gasteiger partial charge >= 0.3 is 7.18 Å². The van der Waals surface area contributed by atoms with E-state index in [0.717, 1.165) is 12.3 Å². The summed E-state index contributed by atoms with van der Waals surface area (Å²) in [6, 6.07) is 6.60. The van der Waals surface area contributed by atoms with Crippen LogP contribution in [0.5, 0.6) is 0 Å². The summed E-state index contributed by atoms with van der Waals surface area (Å²) >= 11 is 0. The Labute approximate surface area is 98.6 Å². The molecule has 0 aliphatic rings. The summed E-state index contributed by atoms with van der Waals surface area (Å²) in [6.07, 6.45) is 0.871. The highest BCUT2D eigenvalue weighted by Crippen LogP contribution is 2.22. The molecule has 0 amide bonds. The Bertz CT molecular complexity index is 618. The monoisotopic (exact) mass is 258 g/mol. The lowest BCUT2D eigenvalue weighted by Gasteiger charge is -2.11. The Morgan fingerprint density at radius 1 is 1.22 bits per heavy atom. The number of hydrogen-bond acceptors (Lipinski definition) is 3. The van der Waals surface area contributed by atoms with Gasteiger partial charge < -0.3 is 17.7 Å². The lowest BCUT2D eigenvalue weighted by atomic mass is 10.2. The van der Waals surface area contributed by atoms with Crippen molar-refractivity contribution in [3.8, 4) is 0 Å². The van der Waals surface area contributed by atoms with E-state index in [1.807, 2.05) is 0 Å². The van der Waals surface area contributed by atoms with Crippen molar-refractivity contribution in [1.82, 2.24) is 0 Å². The number of nitro groups is 1. The van der Waals surface area contributed by atoms with E-state index >= 15 is 0 Å². The number of hydrogen-bond donors (Lipinski definition) is 0.